The average molecular weight is 235 g/mol. The largest absolute Gasteiger partial charge is 0.306 e. The minimum absolute atomic E-state index is 0.835. The fourth-order valence-electron chi connectivity index (χ4n) is 2.09. The topological polar surface area (TPSA) is 47.5 Å². The highest BCUT2D eigenvalue weighted by Crippen LogP contribution is 2.20. The molecule has 0 saturated carbocycles. The first-order valence-electron chi connectivity index (χ1n) is 5.62. The van der Waals surface area contributed by atoms with Gasteiger partial charge in [0.15, 0.2) is 5.65 Å². The summed E-state index contributed by atoms with van der Waals surface area (Å²) in [6, 6.07) is 6.00. The van der Waals surface area contributed by atoms with Crippen LogP contribution >= 0.6 is 0 Å². The highest BCUT2D eigenvalue weighted by atomic mass is 15.0. The monoisotopic (exact) mass is 235 g/mol. The summed E-state index contributed by atoms with van der Waals surface area (Å²) >= 11 is 0. The lowest BCUT2D eigenvalue weighted by Gasteiger charge is -1.99. The Morgan fingerprint density at radius 3 is 2.94 bits per heavy atom. The second-order valence-corrected chi connectivity index (χ2v) is 4.05. The van der Waals surface area contributed by atoms with Crippen molar-refractivity contribution < 1.29 is 0 Å². The van der Waals surface area contributed by atoms with Crippen LogP contribution < -0.4 is 0 Å². The number of nitrogens with zero attached hydrogens (tertiary/aromatic N) is 5. The molecule has 0 aliphatic heterocycles. The van der Waals surface area contributed by atoms with Crippen molar-refractivity contribution in [3.05, 3.63) is 55.5 Å². The van der Waals surface area contributed by atoms with Gasteiger partial charge in [0, 0.05) is 24.8 Å². The summed E-state index contributed by atoms with van der Waals surface area (Å²) in [5.74, 6) is 0. The van der Waals surface area contributed by atoms with E-state index in [4.69, 9.17) is 0 Å². The second kappa shape index (κ2) is 3.40. The molecule has 5 nitrogen and oxygen atoms in total. The number of aromatic nitrogens is 5. The number of pyridine rings is 1. The van der Waals surface area contributed by atoms with Crippen molar-refractivity contribution in [2.75, 3.05) is 0 Å². The van der Waals surface area contributed by atoms with E-state index in [1.165, 1.54) is 0 Å². The maximum atomic E-state index is 4.42. The Balaban J connectivity index is 2.00. The van der Waals surface area contributed by atoms with Crippen molar-refractivity contribution in [2.24, 2.45) is 0 Å². The first-order chi connectivity index (χ1) is 8.92. The van der Waals surface area contributed by atoms with Crippen molar-refractivity contribution in [2.45, 2.75) is 0 Å². The van der Waals surface area contributed by atoms with Crippen LogP contribution in [0.4, 0.5) is 0 Å². The third kappa shape index (κ3) is 1.24. The van der Waals surface area contributed by atoms with Crippen LogP contribution in [0.5, 0.6) is 0 Å². The predicted octanol–water partition coefficient (Wildman–Crippen LogP) is 2.04. The van der Waals surface area contributed by atoms with Crippen molar-refractivity contribution in [3.63, 3.8) is 0 Å². The van der Waals surface area contributed by atoms with Gasteiger partial charge in [0.25, 0.3) is 0 Å². The number of hydrogen-bond acceptors (Lipinski definition) is 3. The Morgan fingerprint density at radius 1 is 0.944 bits per heavy atom. The molecule has 86 valence electrons. The lowest BCUT2D eigenvalue weighted by atomic mass is 10.2. The molecule has 0 bridgehead atoms. The van der Waals surface area contributed by atoms with E-state index in [1.807, 2.05) is 45.6 Å². The van der Waals surface area contributed by atoms with E-state index in [0.717, 1.165) is 22.6 Å². The molecule has 0 amide bonds. The van der Waals surface area contributed by atoms with Crippen LogP contribution in [-0.2, 0) is 0 Å². The molecular weight excluding hydrogens is 226 g/mol. The van der Waals surface area contributed by atoms with Crippen molar-refractivity contribution in [1.82, 2.24) is 23.8 Å². The molecule has 4 rings (SSSR count). The number of fused-ring (bicyclic) bond motifs is 2. The van der Waals surface area contributed by atoms with E-state index in [1.54, 1.807) is 18.7 Å². The summed E-state index contributed by atoms with van der Waals surface area (Å²) in [7, 11) is 0. The molecule has 0 unspecified atom stereocenters. The fraction of sp³-hybridized carbons (Fsp3) is 0. The van der Waals surface area contributed by atoms with Crippen LogP contribution in [0.1, 0.15) is 0 Å². The second-order valence-electron chi connectivity index (χ2n) is 4.05. The summed E-state index contributed by atoms with van der Waals surface area (Å²) in [4.78, 5) is 13.0. The van der Waals surface area contributed by atoms with Gasteiger partial charge >= 0.3 is 0 Å². The summed E-state index contributed by atoms with van der Waals surface area (Å²) in [5.41, 5.74) is 3.60. The average Bonchev–Trinajstić information content (AvgIpc) is 3.04. The molecule has 0 aliphatic rings. The fourth-order valence-corrected chi connectivity index (χ4v) is 2.09. The molecule has 0 aromatic carbocycles. The molecule has 0 spiro atoms. The molecule has 4 heterocycles. The summed E-state index contributed by atoms with van der Waals surface area (Å²) in [6.07, 6.45) is 11.1. The molecule has 0 radical (unpaired) electrons. The van der Waals surface area contributed by atoms with Crippen molar-refractivity contribution >= 4 is 11.2 Å². The van der Waals surface area contributed by atoms with Gasteiger partial charge in [-0.25, -0.2) is 15.0 Å². The molecule has 0 saturated heterocycles. The van der Waals surface area contributed by atoms with E-state index >= 15 is 0 Å². The lowest BCUT2D eigenvalue weighted by molar-refractivity contribution is 1.12. The van der Waals surface area contributed by atoms with Crippen molar-refractivity contribution in [1.29, 1.82) is 0 Å². The van der Waals surface area contributed by atoms with Gasteiger partial charge < -0.3 is 8.80 Å². The quantitative estimate of drug-likeness (QED) is 0.507. The molecule has 0 atom stereocenters. The van der Waals surface area contributed by atoms with E-state index in [9.17, 15) is 0 Å². The molecule has 0 fully saturated rings. The van der Waals surface area contributed by atoms with Crippen molar-refractivity contribution in [3.8, 4) is 11.4 Å². The van der Waals surface area contributed by atoms with Crippen LogP contribution in [0.15, 0.2) is 55.5 Å². The summed E-state index contributed by atoms with van der Waals surface area (Å²) in [6.45, 7) is 0. The molecular formula is C13H9N5. The maximum absolute atomic E-state index is 4.42. The van der Waals surface area contributed by atoms with E-state index in [2.05, 4.69) is 15.0 Å². The van der Waals surface area contributed by atoms with Gasteiger partial charge in [0.2, 0.25) is 0 Å². The van der Waals surface area contributed by atoms with Crippen LogP contribution in [0.25, 0.3) is 22.6 Å². The van der Waals surface area contributed by atoms with Gasteiger partial charge in [-0.2, -0.15) is 0 Å². The Labute approximate surface area is 102 Å². The lowest BCUT2D eigenvalue weighted by Crippen LogP contribution is -1.90. The minimum Gasteiger partial charge on any atom is -0.306 e. The van der Waals surface area contributed by atoms with Gasteiger partial charge in [0.1, 0.15) is 17.7 Å². The Hall–Kier alpha value is -2.69. The van der Waals surface area contributed by atoms with E-state index in [-0.39, 0.29) is 0 Å². The highest BCUT2D eigenvalue weighted by Gasteiger charge is 2.08. The zero-order valence-electron chi connectivity index (χ0n) is 9.43. The first-order valence-corrected chi connectivity index (χ1v) is 5.62. The Morgan fingerprint density at radius 2 is 1.94 bits per heavy atom. The Kier molecular flexibility index (Phi) is 1.77. The third-order valence-electron chi connectivity index (χ3n) is 2.97. The smallest absolute Gasteiger partial charge is 0.155 e. The van der Waals surface area contributed by atoms with E-state index in [0.29, 0.717) is 0 Å². The number of hydrogen-bond donors (Lipinski definition) is 0. The minimum atomic E-state index is 0.835. The molecule has 4 aromatic heterocycles. The van der Waals surface area contributed by atoms with E-state index < -0.39 is 0 Å². The van der Waals surface area contributed by atoms with Gasteiger partial charge in [-0.3, -0.25) is 0 Å². The molecule has 4 aromatic rings. The first kappa shape index (κ1) is 9.35. The maximum Gasteiger partial charge on any atom is 0.155 e. The predicted molar refractivity (Wildman–Crippen MR) is 67.2 cm³/mol. The normalized spacial score (nSPS) is 11.3. The van der Waals surface area contributed by atoms with Gasteiger partial charge in [-0.15, -0.1) is 0 Å². The standard InChI is InChI=1S/C13H9N5/c1-2-5-18-9-16-13(11(18)3-1)10-8-17-6-4-14-12(17)7-15-10/h1-9H. The Bertz CT molecular complexity index is 842. The van der Waals surface area contributed by atoms with Gasteiger partial charge in [-0.1, -0.05) is 6.07 Å². The van der Waals surface area contributed by atoms with Gasteiger partial charge in [0.05, 0.1) is 11.7 Å². The number of rotatable bonds is 1. The third-order valence-corrected chi connectivity index (χ3v) is 2.97. The van der Waals surface area contributed by atoms with Crippen LogP contribution in [0, 0.1) is 0 Å². The molecule has 18 heavy (non-hydrogen) atoms. The highest BCUT2D eigenvalue weighted by molar-refractivity contribution is 5.74. The zero-order valence-corrected chi connectivity index (χ0v) is 9.43. The molecule has 0 N–H and O–H groups in total. The zero-order chi connectivity index (χ0) is 11.9. The molecule has 0 aliphatic carbocycles. The molecule has 5 heteroatoms. The van der Waals surface area contributed by atoms with Crippen LogP contribution in [-0.4, -0.2) is 23.8 Å². The number of imidazole rings is 2. The van der Waals surface area contributed by atoms with Crippen LogP contribution in [0.2, 0.25) is 0 Å². The van der Waals surface area contributed by atoms with Crippen LogP contribution in [0.3, 0.4) is 0 Å². The SMILES string of the molecule is c1ccn2cnc(-c3cn4ccnc4cn3)c2c1. The summed E-state index contributed by atoms with van der Waals surface area (Å²) in [5, 5.41) is 0. The summed E-state index contributed by atoms with van der Waals surface area (Å²) < 4.78 is 3.92. The van der Waals surface area contributed by atoms with Gasteiger partial charge in [-0.05, 0) is 12.1 Å².